The summed E-state index contributed by atoms with van der Waals surface area (Å²) in [6, 6.07) is 11.6. The summed E-state index contributed by atoms with van der Waals surface area (Å²) in [7, 11) is 1.63. The molecule has 5 rings (SSSR count). The van der Waals surface area contributed by atoms with Crippen LogP contribution in [0.5, 0.6) is 0 Å². The number of fused-ring (bicyclic) bond motifs is 2. The number of ketones is 1. The number of carbonyl (C=O) groups excluding carboxylic acids is 2. The molecule has 1 saturated heterocycles. The smallest absolute Gasteiger partial charge is 0.267 e. The number of carbonyl (C=O) groups is 2. The van der Waals surface area contributed by atoms with Crippen LogP contribution in [0.15, 0.2) is 36.4 Å². The van der Waals surface area contributed by atoms with E-state index < -0.39 is 0 Å². The molecule has 0 unspecified atom stereocenters. The number of hydrogen-bond donors (Lipinski definition) is 2. The van der Waals surface area contributed by atoms with Gasteiger partial charge in [0.25, 0.3) is 5.91 Å². The number of nitrogens with zero attached hydrogens (tertiary/aromatic N) is 2. The summed E-state index contributed by atoms with van der Waals surface area (Å²) in [6.45, 7) is 7.09. The predicted molar refractivity (Wildman–Crippen MR) is 145 cm³/mol. The number of aliphatic hydroxyl groups excluding tert-OH is 1. The Bertz CT molecular complexity index is 1510. The summed E-state index contributed by atoms with van der Waals surface area (Å²) in [5.74, 6) is 0.197. The van der Waals surface area contributed by atoms with Crippen LogP contribution < -0.4 is 10.2 Å². The molecule has 0 radical (unpaired) electrons. The average molecular weight is 504 g/mol. The molecule has 1 atom stereocenters. The molecule has 7 nitrogen and oxygen atoms in total. The van der Waals surface area contributed by atoms with E-state index in [9.17, 15) is 14.7 Å². The van der Waals surface area contributed by atoms with Crippen molar-refractivity contribution in [3.63, 3.8) is 0 Å². The number of Topliss-reactive ketones (excluding diaryl/α,β-unsaturated/α-hetero) is 1. The van der Waals surface area contributed by atoms with Gasteiger partial charge in [0.05, 0.1) is 28.8 Å². The fourth-order valence-electron chi connectivity index (χ4n) is 5.13. The average Bonchev–Trinajstić information content (AvgIpc) is 3.43. The lowest BCUT2D eigenvalue weighted by Gasteiger charge is -2.24. The summed E-state index contributed by atoms with van der Waals surface area (Å²) in [6.07, 6.45) is 0.341. The zero-order valence-corrected chi connectivity index (χ0v) is 21.7. The largest absolute Gasteiger partial charge is 0.391 e. The highest BCUT2D eigenvalue weighted by Gasteiger charge is 2.27. The summed E-state index contributed by atoms with van der Waals surface area (Å²) >= 11 is 1.33. The molecule has 0 bridgehead atoms. The summed E-state index contributed by atoms with van der Waals surface area (Å²) in [4.78, 5) is 33.4. The molecule has 2 aromatic carbocycles. The Hall–Kier alpha value is -3.33. The fraction of sp³-hybridized carbons (Fsp3) is 0.321. The molecule has 1 amide bonds. The Morgan fingerprint density at radius 1 is 1.19 bits per heavy atom. The van der Waals surface area contributed by atoms with Gasteiger partial charge in [0.15, 0.2) is 5.78 Å². The molecule has 1 aliphatic heterocycles. The third kappa shape index (κ3) is 4.15. The number of rotatable bonds is 6. The van der Waals surface area contributed by atoms with Crippen LogP contribution in [0.1, 0.15) is 50.1 Å². The lowest BCUT2D eigenvalue weighted by molar-refractivity contribution is 0.101. The minimum Gasteiger partial charge on any atom is -0.391 e. The number of hydrogen-bond acceptors (Lipinski definition) is 7. The third-order valence-electron chi connectivity index (χ3n) is 6.86. The predicted octanol–water partition coefficient (Wildman–Crippen LogP) is 5.24. The number of β-amino-alcohol motifs (C(OH)–C–C–N with tert-alkyl or cyclic N) is 1. The van der Waals surface area contributed by atoms with E-state index in [4.69, 9.17) is 9.72 Å². The van der Waals surface area contributed by atoms with Gasteiger partial charge in [0.1, 0.15) is 5.82 Å². The van der Waals surface area contributed by atoms with Crippen molar-refractivity contribution in [1.82, 2.24) is 4.98 Å². The molecule has 2 aromatic heterocycles. The van der Waals surface area contributed by atoms with Crippen molar-refractivity contribution in [3.8, 4) is 0 Å². The van der Waals surface area contributed by atoms with Crippen LogP contribution >= 0.6 is 11.3 Å². The molecule has 36 heavy (non-hydrogen) atoms. The van der Waals surface area contributed by atoms with Crippen LogP contribution in [-0.2, 0) is 11.3 Å². The highest BCUT2D eigenvalue weighted by Crippen LogP contribution is 2.39. The van der Waals surface area contributed by atoms with E-state index in [1.54, 1.807) is 14.0 Å². The second-order valence-electron chi connectivity index (χ2n) is 9.32. The number of methoxy groups -OCH3 is 1. The molecule has 1 aliphatic rings. The molecule has 0 aliphatic carbocycles. The topological polar surface area (TPSA) is 91.8 Å². The van der Waals surface area contributed by atoms with Gasteiger partial charge >= 0.3 is 0 Å². The summed E-state index contributed by atoms with van der Waals surface area (Å²) in [5.41, 5.74) is 5.00. The Labute approximate surface area is 213 Å². The third-order valence-corrected chi connectivity index (χ3v) is 8.19. The Morgan fingerprint density at radius 3 is 2.67 bits per heavy atom. The number of aliphatic hydroxyl groups is 1. The van der Waals surface area contributed by atoms with Crippen LogP contribution in [0.3, 0.4) is 0 Å². The Kier molecular flexibility index (Phi) is 6.51. The molecular weight excluding hydrogens is 474 g/mol. The number of ether oxygens (including phenoxy) is 1. The van der Waals surface area contributed by atoms with Gasteiger partial charge in [-0.2, -0.15) is 0 Å². The lowest BCUT2D eigenvalue weighted by Crippen LogP contribution is -2.23. The monoisotopic (exact) mass is 503 g/mol. The van der Waals surface area contributed by atoms with Crippen molar-refractivity contribution in [2.24, 2.45) is 0 Å². The van der Waals surface area contributed by atoms with Crippen LogP contribution in [0, 0.1) is 13.8 Å². The minimum absolute atomic E-state index is 0.0401. The summed E-state index contributed by atoms with van der Waals surface area (Å²) in [5, 5.41) is 15.1. The number of benzene rings is 2. The van der Waals surface area contributed by atoms with E-state index in [1.807, 2.05) is 50.2 Å². The fourth-order valence-corrected chi connectivity index (χ4v) is 6.44. The van der Waals surface area contributed by atoms with Crippen molar-refractivity contribution in [1.29, 1.82) is 0 Å². The number of nitrogens with one attached hydrogen (secondary N) is 1. The summed E-state index contributed by atoms with van der Waals surface area (Å²) < 4.78 is 6.17. The van der Waals surface area contributed by atoms with E-state index in [-0.39, 0.29) is 17.8 Å². The van der Waals surface area contributed by atoms with Gasteiger partial charge in [-0.25, -0.2) is 4.98 Å². The molecule has 0 spiro atoms. The first-order valence-corrected chi connectivity index (χ1v) is 12.8. The number of aryl methyl sites for hydroxylation is 1. The second-order valence-corrected chi connectivity index (χ2v) is 10.3. The first kappa shape index (κ1) is 24.4. The van der Waals surface area contributed by atoms with E-state index in [0.29, 0.717) is 35.8 Å². The number of pyridine rings is 1. The molecule has 8 heteroatoms. The van der Waals surface area contributed by atoms with Crippen molar-refractivity contribution in [3.05, 3.63) is 63.5 Å². The van der Waals surface area contributed by atoms with E-state index >= 15 is 0 Å². The standard InChI is InChI=1S/C28H29N3O4S/c1-15-23-18(14-35-4)9-10-20(17(3)32)26(23)36-25(15)28(34)30-27-16(2)24(31-12-11-19(33)13-31)21-7-5-6-8-22(21)29-27/h5-10,19,33H,11-14H2,1-4H3,(H,29,30,34)/t19-/m0/s1. The van der Waals surface area contributed by atoms with Gasteiger partial charge in [-0.1, -0.05) is 24.3 Å². The quantitative estimate of drug-likeness (QED) is 0.350. The van der Waals surface area contributed by atoms with Gasteiger partial charge in [-0.3, -0.25) is 9.59 Å². The van der Waals surface area contributed by atoms with Gasteiger partial charge in [0.2, 0.25) is 0 Å². The SMILES string of the molecule is COCc1ccc(C(C)=O)c2sc(C(=O)Nc3nc4ccccc4c(N4CC[C@H](O)C4)c3C)c(C)c12. The van der Waals surface area contributed by atoms with Gasteiger partial charge in [0, 0.05) is 46.8 Å². The molecule has 2 N–H and O–H groups in total. The Balaban J connectivity index is 1.60. The minimum atomic E-state index is -0.368. The van der Waals surface area contributed by atoms with Crippen molar-refractivity contribution in [2.75, 3.05) is 30.4 Å². The van der Waals surface area contributed by atoms with Gasteiger partial charge in [-0.15, -0.1) is 11.3 Å². The maximum atomic E-state index is 13.6. The molecular formula is C28H29N3O4S. The van der Waals surface area contributed by atoms with Gasteiger partial charge < -0.3 is 20.1 Å². The van der Waals surface area contributed by atoms with Gasteiger partial charge in [-0.05, 0) is 50.5 Å². The van der Waals surface area contributed by atoms with E-state index in [1.165, 1.54) is 11.3 Å². The second kappa shape index (κ2) is 9.61. The van der Waals surface area contributed by atoms with Crippen LogP contribution in [-0.4, -0.2) is 48.1 Å². The number of aromatic nitrogens is 1. The first-order chi connectivity index (χ1) is 17.3. The van der Waals surface area contributed by atoms with Crippen LogP contribution in [0.4, 0.5) is 11.5 Å². The highest BCUT2D eigenvalue weighted by atomic mass is 32.1. The van der Waals surface area contributed by atoms with Crippen molar-refractivity contribution >= 4 is 55.5 Å². The van der Waals surface area contributed by atoms with Crippen LogP contribution in [0.2, 0.25) is 0 Å². The number of para-hydroxylation sites is 1. The maximum Gasteiger partial charge on any atom is 0.267 e. The molecule has 4 aromatic rings. The maximum absolute atomic E-state index is 13.6. The molecule has 1 fully saturated rings. The van der Waals surface area contributed by atoms with E-state index in [2.05, 4.69) is 10.2 Å². The lowest BCUT2D eigenvalue weighted by atomic mass is 10.0. The molecule has 0 saturated carbocycles. The number of thiophene rings is 1. The van der Waals surface area contributed by atoms with Crippen LogP contribution in [0.25, 0.3) is 21.0 Å². The van der Waals surface area contributed by atoms with E-state index in [0.717, 1.165) is 49.9 Å². The van der Waals surface area contributed by atoms with Crippen molar-refractivity contribution in [2.45, 2.75) is 39.9 Å². The zero-order valence-electron chi connectivity index (χ0n) is 20.8. The normalized spacial score (nSPS) is 15.7. The number of amides is 1. The number of anilines is 2. The Morgan fingerprint density at radius 2 is 1.97 bits per heavy atom. The first-order valence-electron chi connectivity index (χ1n) is 12.0. The molecule has 186 valence electrons. The highest BCUT2D eigenvalue weighted by molar-refractivity contribution is 7.21. The molecule has 3 heterocycles. The van der Waals surface area contributed by atoms with Crippen molar-refractivity contribution < 1.29 is 19.4 Å². The zero-order chi connectivity index (χ0) is 25.6.